The molecule has 1 rings (SSSR count). The number of amides is 1. The van der Waals surface area contributed by atoms with Gasteiger partial charge >= 0.3 is 5.97 Å². The number of ether oxygens (including phenoxy) is 1. The lowest BCUT2D eigenvalue weighted by Crippen LogP contribution is -2.33. The van der Waals surface area contributed by atoms with Gasteiger partial charge in [0, 0.05) is 19.2 Å². The molecule has 0 saturated carbocycles. The van der Waals surface area contributed by atoms with Crippen molar-refractivity contribution in [2.45, 2.75) is 33.1 Å². The fourth-order valence-corrected chi connectivity index (χ4v) is 2.48. The van der Waals surface area contributed by atoms with E-state index in [-0.39, 0.29) is 18.3 Å². The van der Waals surface area contributed by atoms with Gasteiger partial charge in [-0.25, -0.2) is 0 Å². The minimum absolute atomic E-state index is 0.122. The molecular weight excluding hydrogens is 320 g/mol. The first-order valence-electron chi connectivity index (χ1n) is 8.90. The fourth-order valence-electron chi connectivity index (χ4n) is 2.48. The molecule has 0 aliphatic heterocycles. The maximum absolute atomic E-state index is 12.4. The number of carbonyl (C=O) groups excluding carboxylic acids is 2. The van der Waals surface area contributed by atoms with Crippen molar-refractivity contribution < 1.29 is 18.7 Å². The molecule has 0 aromatic carbocycles. The standard InChI is InChI=1S/C19H30N2O4/c1-4-20(5-2)13-6-7-14-21(15-12-19(23)24-3)18(22)11-10-17-9-8-16-25-17/h8-11,16H,4-7,12-15H2,1-3H3/b11-10+. The van der Waals surface area contributed by atoms with Crippen molar-refractivity contribution in [2.75, 3.05) is 39.8 Å². The molecule has 6 heteroatoms. The van der Waals surface area contributed by atoms with Gasteiger partial charge in [0.05, 0.1) is 19.8 Å². The molecule has 1 aromatic rings. The normalized spacial score (nSPS) is 11.2. The molecule has 0 bridgehead atoms. The first-order chi connectivity index (χ1) is 12.1. The summed E-state index contributed by atoms with van der Waals surface area (Å²) in [5.74, 6) is 0.196. The van der Waals surface area contributed by atoms with Crippen molar-refractivity contribution in [1.29, 1.82) is 0 Å². The Balaban J connectivity index is 2.52. The number of furan rings is 1. The number of esters is 1. The van der Waals surface area contributed by atoms with E-state index in [0.717, 1.165) is 32.5 Å². The minimum atomic E-state index is -0.309. The molecule has 25 heavy (non-hydrogen) atoms. The second-order valence-electron chi connectivity index (χ2n) is 5.73. The largest absolute Gasteiger partial charge is 0.469 e. The van der Waals surface area contributed by atoms with Crippen molar-refractivity contribution in [2.24, 2.45) is 0 Å². The Hall–Kier alpha value is -2.08. The molecule has 0 radical (unpaired) electrons. The Morgan fingerprint density at radius 2 is 1.88 bits per heavy atom. The summed E-state index contributed by atoms with van der Waals surface area (Å²) >= 11 is 0. The molecule has 0 aliphatic carbocycles. The molecule has 0 saturated heterocycles. The Kier molecular flexibility index (Phi) is 10.3. The van der Waals surface area contributed by atoms with E-state index in [1.54, 1.807) is 29.4 Å². The summed E-state index contributed by atoms with van der Waals surface area (Å²) in [5.41, 5.74) is 0. The van der Waals surface area contributed by atoms with Crippen molar-refractivity contribution in [1.82, 2.24) is 9.80 Å². The van der Waals surface area contributed by atoms with Crippen LogP contribution in [-0.4, -0.2) is 61.5 Å². The molecule has 1 heterocycles. The molecule has 6 nitrogen and oxygen atoms in total. The van der Waals surface area contributed by atoms with Crippen molar-refractivity contribution in [3.8, 4) is 0 Å². The van der Waals surface area contributed by atoms with Gasteiger partial charge in [0.15, 0.2) is 0 Å². The summed E-state index contributed by atoms with van der Waals surface area (Å²) in [6.07, 6.45) is 6.81. The number of rotatable bonds is 12. The van der Waals surface area contributed by atoms with Crippen LogP contribution in [0, 0.1) is 0 Å². The number of methoxy groups -OCH3 is 1. The third-order valence-corrected chi connectivity index (χ3v) is 4.11. The van der Waals surface area contributed by atoms with Crippen molar-refractivity contribution in [3.63, 3.8) is 0 Å². The van der Waals surface area contributed by atoms with Gasteiger partial charge in [0.2, 0.25) is 5.91 Å². The number of carbonyl (C=O) groups is 2. The highest BCUT2D eigenvalue weighted by Gasteiger charge is 2.13. The summed E-state index contributed by atoms with van der Waals surface area (Å²) in [4.78, 5) is 27.8. The van der Waals surface area contributed by atoms with Crippen molar-refractivity contribution >= 4 is 18.0 Å². The molecular formula is C19H30N2O4. The smallest absolute Gasteiger partial charge is 0.307 e. The summed E-state index contributed by atoms with van der Waals surface area (Å²) in [5, 5.41) is 0. The molecule has 0 atom stereocenters. The highest BCUT2D eigenvalue weighted by atomic mass is 16.5. The lowest BCUT2D eigenvalue weighted by Gasteiger charge is -2.22. The number of nitrogens with zero attached hydrogens (tertiary/aromatic N) is 2. The lowest BCUT2D eigenvalue weighted by atomic mass is 10.2. The minimum Gasteiger partial charge on any atom is -0.469 e. The van der Waals surface area contributed by atoms with E-state index in [0.29, 0.717) is 18.8 Å². The van der Waals surface area contributed by atoms with E-state index in [4.69, 9.17) is 4.42 Å². The maximum Gasteiger partial charge on any atom is 0.307 e. The average molecular weight is 350 g/mol. The van der Waals surface area contributed by atoms with E-state index < -0.39 is 0 Å². The second-order valence-corrected chi connectivity index (χ2v) is 5.73. The molecule has 1 amide bonds. The van der Waals surface area contributed by atoms with Crippen LogP contribution >= 0.6 is 0 Å². The van der Waals surface area contributed by atoms with Crippen LogP contribution in [0.4, 0.5) is 0 Å². The number of hydrogen-bond donors (Lipinski definition) is 0. The van der Waals surface area contributed by atoms with Gasteiger partial charge in [0.1, 0.15) is 5.76 Å². The van der Waals surface area contributed by atoms with Crippen LogP contribution in [0.25, 0.3) is 6.08 Å². The van der Waals surface area contributed by atoms with Gasteiger partial charge in [-0.15, -0.1) is 0 Å². The lowest BCUT2D eigenvalue weighted by molar-refractivity contribution is -0.141. The van der Waals surface area contributed by atoms with Crippen LogP contribution in [0.2, 0.25) is 0 Å². The molecule has 140 valence electrons. The Morgan fingerprint density at radius 1 is 1.16 bits per heavy atom. The van der Waals surface area contributed by atoms with Gasteiger partial charge in [-0.05, 0) is 50.7 Å². The maximum atomic E-state index is 12.4. The third-order valence-electron chi connectivity index (χ3n) is 4.11. The van der Waals surface area contributed by atoms with Crippen LogP contribution in [0.1, 0.15) is 38.9 Å². The van der Waals surface area contributed by atoms with Gasteiger partial charge in [-0.1, -0.05) is 13.8 Å². The first-order valence-corrected chi connectivity index (χ1v) is 8.90. The quantitative estimate of drug-likeness (QED) is 0.329. The van der Waals surface area contributed by atoms with Crippen LogP contribution in [-0.2, 0) is 14.3 Å². The molecule has 0 N–H and O–H groups in total. The van der Waals surface area contributed by atoms with E-state index >= 15 is 0 Å². The Labute approximate surface area is 150 Å². The molecule has 1 aromatic heterocycles. The van der Waals surface area contributed by atoms with Gasteiger partial charge in [0.25, 0.3) is 0 Å². The zero-order valence-electron chi connectivity index (χ0n) is 15.6. The monoisotopic (exact) mass is 350 g/mol. The summed E-state index contributed by atoms with van der Waals surface area (Å²) < 4.78 is 9.86. The van der Waals surface area contributed by atoms with E-state index in [9.17, 15) is 9.59 Å². The third kappa shape index (κ3) is 8.54. The second kappa shape index (κ2) is 12.3. The highest BCUT2D eigenvalue weighted by Crippen LogP contribution is 2.06. The molecule has 0 fully saturated rings. The average Bonchev–Trinajstić information content (AvgIpc) is 3.15. The SMILES string of the molecule is CCN(CC)CCCCN(CCC(=O)OC)C(=O)/C=C/c1ccco1. The highest BCUT2D eigenvalue weighted by molar-refractivity contribution is 5.91. The zero-order valence-corrected chi connectivity index (χ0v) is 15.6. The van der Waals surface area contributed by atoms with Crippen molar-refractivity contribution in [3.05, 3.63) is 30.2 Å². The summed E-state index contributed by atoms with van der Waals surface area (Å²) in [6.45, 7) is 8.37. The molecule has 0 aliphatic rings. The van der Waals surface area contributed by atoms with Crippen LogP contribution in [0.3, 0.4) is 0 Å². The van der Waals surface area contributed by atoms with Crippen LogP contribution < -0.4 is 0 Å². The topological polar surface area (TPSA) is 63.0 Å². The fraction of sp³-hybridized carbons (Fsp3) is 0.579. The van der Waals surface area contributed by atoms with Crippen LogP contribution in [0.15, 0.2) is 28.9 Å². The Bertz CT molecular complexity index is 522. The first kappa shape index (κ1) is 21.0. The van der Waals surface area contributed by atoms with Gasteiger partial charge in [-0.2, -0.15) is 0 Å². The Morgan fingerprint density at radius 3 is 2.48 bits per heavy atom. The predicted octanol–water partition coefficient (Wildman–Crippen LogP) is 2.81. The van der Waals surface area contributed by atoms with Crippen LogP contribution in [0.5, 0.6) is 0 Å². The predicted molar refractivity (Wildman–Crippen MR) is 98.0 cm³/mol. The van der Waals surface area contributed by atoms with E-state index in [2.05, 4.69) is 23.5 Å². The van der Waals surface area contributed by atoms with Gasteiger partial charge in [-0.3, -0.25) is 9.59 Å². The van der Waals surface area contributed by atoms with E-state index in [1.165, 1.54) is 13.2 Å². The van der Waals surface area contributed by atoms with E-state index in [1.807, 2.05) is 0 Å². The summed E-state index contributed by atoms with van der Waals surface area (Å²) in [7, 11) is 1.36. The molecule has 0 spiro atoms. The zero-order chi connectivity index (χ0) is 18.5. The number of unbranched alkanes of at least 4 members (excludes halogenated alkanes) is 1. The number of hydrogen-bond acceptors (Lipinski definition) is 5. The molecule has 0 unspecified atom stereocenters. The summed E-state index contributed by atoms with van der Waals surface area (Å²) in [6, 6.07) is 3.55. The van der Waals surface area contributed by atoms with Gasteiger partial charge < -0.3 is 19.0 Å².